The number of hydrogen-bond donors (Lipinski definition) is 1. The molecule has 3 fully saturated rings. The predicted octanol–water partition coefficient (Wildman–Crippen LogP) is 6.96. The number of nitrogens with zero attached hydrogens (tertiary/aromatic N) is 1. The number of carbonyl (C=O) groups excluding carboxylic acids is 2. The van der Waals surface area contributed by atoms with Gasteiger partial charge in [0.05, 0.1) is 5.56 Å². The van der Waals surface area contributed by atoms with Gasteiger partial charge in [-0.3, -0.25) is 4.79 Å². The first-order valence-electron chi connectivity index (χ1n) is 14.8. The number of esters is 1. The molecule has 0 heterocycles. The molecule has 1 aromatic rings. The normalized spacial score (nSPS) is 35.2. The lowest BCUT2D eigenvalue weighted by atomic mass is 9.48. The van der Waals surface area contributed by atoms with E-state index >= 15 is 0 Å². The highest BCUT2D eigenvalue weighted by Crippen LogP contribution is 2.64. The first kappa shape index (κ1) is 28.8. The fourth-order valence-electron chi connectivity index (χ4n) is 8.81. The number of allylic oxidation sites excluding steroid dienone is 1. The third-order valence-electron chi connectivity index (χ3n) is 10.9. The third kappa shape index (κ3) is 5.47. The first-order valence-corrected chi connectivity index (χ1v) is 15.9. The van der Waals surface area contributed by atoms with E-state index in [1.165, 1.54) is 24.8 Å². The number of benzene rings is 1. The summed E-state index contributed by atoms with van der Waals surface area (Å²) in [4.78, 5) is 27.0. The molecule has 0 aromatic heterocycles. The number of fused-ring (bicyclic) bond motifs is 5. The number of halogens is 2. The number of anilines is 1. The fraction of sp³-hybridized carbons (Fsp3) is 0.688. The molecule has 5 nitrogen and oxygen atoms in total. The van der Waals surface area contributed by atoms with Crippen molar-refractivity contribution in [2.45, 2.75) is 84.3 Å². The van der Waals surface area contributed by atoms with Crippen molar-refractivity contribution in [1.82, 2.24) is 5.32 Å². The monoisotopic (exact) mass is 574 g/mol. The molecule has 214 valence electrons. The van der Waals surface area contributed by atoms with Crippen molar-refractivity contribution in [3.8, 4) is 0 Å². The Balaban J connectivity index is 1.23. The Kier molecular flexibility index (Phi) is 8.60. The lowest BCUT2D eigenvalue weighted by molar-refractivity contribution is -0.121. The predicted molar refractivity (Wildman–Crippen MR) is 159 cm³/mol. The summed E-state index contributed by atoms with van der Waals surface area (Å²) in [7, 11) is 0. The molecule has 0 bridgehead atoms. The number of hydrogen-bond acceptors (Lipinski definition) is 4. The van der Waals surface area contributed by atoms with Gasteiger partial charge in [-0.1, -0.05) is 25.5 Å². The van der Waals surface area contributed by atoms with Crippen LogP contribution in [0.1, 0.15) is 82.5 Å². The van der Waals surface area contributed by atoms with Gasteiger partial charge in [-0.25, -0.2) is 4.79 Å². The lowest BCUT2D eigenvalue weighted by Gasteiger charge is -2.58. The highest BCUT2D eigenvalue weighted by molar-refractivity contribution is 6.18. The average Bonchev–Trinajstić information content (AvgIpc) is 3.24. The van der Waals surface area contributed by atoms with E-state index in [0.717, 1.165) is 37.8 Å². The maximum Gasteiger partial charge on any atom is 0.338 e. The van der Waals surface area contributed by atoms with Crippen LogP contribution in [0.3, 0.4) is 0 Å². The molecule has 0 aliphatic heterocycles. The van der Waals surface area contributed by atoms with Crippen LogP contribution in [0.25, 0.3) is 0 Å². The van der Waals surface area contributed by atoms with E-state index in [2.05, 4.69) is 30.1 Å². The van der Waals surface area contributed by atoms with Crippen LogP contribution in [0.15, 0.2) is 35.9 Å². The lowest BCUT2D eigenvalue weighted by Crippen LogP contribution is -2.53. The summed E-state index contributed by atoms with van der Waals surface area (Å²) in [5.41, 5.74) is 3.50. The Morgan fingerprint density at radius 3 is 2.38 bits per heavy atom. The maximum absolute atomic E-state index is 13.1. The Morgan fingerprint density at radius 2 is 1.72 bits per heavy atom. The average molecular weight is 576 g/mol. The van der Waals surface area contributed by atoms with Crippen molar-refractivity contribution in [2.75, 3.05) is 29.7 Å². The van der Waals surface area contributed by atoms with Crippen LogP contribution in [0.4, 0.5) is 5.69 Å². The topological polar surface area (TPSA) is 58.6 Å². The molecule has 7 atom stereocenters. The van der Waals surface area contributed by atoms with Crippen LogP contribution >= 0.6 is 23.2 Å². The molecule has 0 unspecified atom stereocenters. The van der Waals surface area contributed by atoms with Gasteiger partial charge in [0.15, 0.2) is 0 Å². The SMILES string of the molecule is CC(=O)N[C@H]1CC[C@H]2[C@@H]3CC=C4C[C@@H](OC(=O)c5ccc(N(CCCl)CCCl)cc5)CC[C@]4(C)[C@H]3CC[C@]12C. The second-order valence-electron chi connectivity index (χ2n) is 12.8. The number of ether oxygens (including phenoxy) is 1. The van der Waals surface area contributed by atoms with Gasteiger partial charge in [0.25, 0.3) is 0 Å². The second-order valence-corrected chi connectivity index (χ2v) is 13.6. The molecule has 5 rings (SSSR count). The van der Waals surface area contributed by atoms with Gasteiger partial charge in [-0.05, 0) is 97.8 Å². The Morgan fingerprint density at radius 1 is 1.00 bits per heavy atom. The van der Waals surface area contributed by atoms with E-state index in [9.17, 15) is 9.59 Å². The zero-order chi connectivity index (χ0) is 27.8. The van der Waals surface area contributed by atoms with Gasteiger partial charge < -0.3 is 15.0 Å². The molecule has 1 N–H and O–H groups in total. The van der Waals surface area contributed by atoms with Crippen molar-refractivity contribution < 1.29 is 14.3 Å². The maximum atomic E-state index is 13.1. The second kappa shape index (κ2) is 11.6. The first-order chi connectivity index (χ1) is 18.7. The van der Waals surface area contributed by atoms with Gasteiger partial charge in [0.1, 0.15) is 6.10 Å². The minimum atomic E-state index is -0.242. The zero-order valence-corrected chi connectivity index (χ0v) is 25.2. The van der Waals surface area contributed by atoms with E-state index in [1.807, 2.05) is 24.3 Å². The minimum absolute atomic E-state index is 0.0680. The summed E-state index contributed by atoms with van der Waals surface area (Å²) >= 11 is 11.9. The van der Waals surface area contributed by atoms with E-state index in [0.29, 0.717) is 54.2 Å². The van der Waals surface area contributed by atoms with Crippen molar-refractivity contribution in [3.05, 3.63) is 41.5 Å². The molecule has 1 aromatic carbocycles. The van der Waals surface area contributed by atoms with Gasteiger partial charge >= 0.3 is 5.97 Å². The zero-order valence-electron chi connectivity index (χ0n) is 23.7. The number of amides is 1. The summed E-state index contributed by atoms with van der Waals surface area (Å²) in [5.74, 6) is 2.95. The highest BCUT2D eigenvalue weighted by atomic mass is 35.5. The fourth-order valence-corrected chi connectivity index (χ4v) is 9.22. The summed E-state index contributed by atoms with van der Waals surface area (Å²) < 4.78 is 6.06. The van der Waals surface area contributed by atoms with Gasteiger partial charge in [0, 0.05) is 49.9 Å². The molecule has 39 heavy (non-hydrogen) atoms. The van der Waals surface area contributed by atoms with Crippen molar-refractivity contribution in [3.63, 3.8) is 0 Å². The molecule has 3 saturated carbocycles. The number of carbonyl (C=O) groups is 2. The summed E-state index contributed by atoms with van der Waals surface area (Å²) in [6.07, 6.45) is 11.1. The highest BCUT2D eigenvalue weighted by Gasteiger charge is 2.58. The molecule has 4 aliphatic rings. The van der Waals surface area contributed by atoms with Crippen molar-refractivity contribution in [2.24, 2.45) is 28.6 Å². The Hall–Kier alpha value is -1.72. The molecule has 0 saturated heterocycles. The van der Waals surface area contributed by atoms with Crippen LogP contribution in [0.5, 0.6) is 0 Å². The molecule has 0 radical (unpaired) electrons. The largest absolute Gasteiger partial charge is 0.458 e. The minimum Gasteiger partial charge on any atom is -0.458 e. The van der Waals surface area contributed by atoms with Gasteiger partial charge in [-0.2, -0.15) is 0 Å². The van der Waals surface area contributed by atoms with Crippen LogP contribution in [0.2, 0.25) is 0 Å². The van der Waals surface area contributed by atoms with Crippen LogP contribution < -0.4 is 10.2 Å². The third-order valence-corrected chi connectivity index (χ3v) is 11.2. The van der Waals surface area contributed by atoms with Crippen molar-refractivity contribution in [1.29, 1.82) is 0 Å². The van der Waals surface area contributed by atoms with Crippen LogP contribution in [-0.4, -0.2) is 48.9 Å². The summed E-state index contributed by atoms with van der Waals surface area (Å²) in [6.45, 7) is 7.98. The van der Waals surface area contributed by atoms with E-state index in [4.69, 9.17) is 27.9 Å². The Bertz CT molecular complexity index is 1090. The van der Waals surface area contributed by atoms with E-state index in [1.54, 1.807) is 6.92 Å². The molecule has 4 aliphatic carbocycles. The van der Waals surface area contributed by atoms with Crippen molar-refractivity contribution >= 4 is 40.8 Å². The molecule has 0 spiro atoms. The summed E-state index contributed by atoms with van der Waals surface area (Å²) in [5, 5.41) is 3.28. The summed E-state index contributed by atoms with van der Waals surface area (Å²) in [6, 6.07) is 7.91. The quantitative estimate of drug-likeness (QED) is 0.207. The standard InChI is InChI=1S/C32H44Cl2N2O3/c1-21(37)35-29-11-10-27-26-9-6-23-20-25(12-14-31(23,2)28(26)13-15-32(27,29)3)39-30(38)22-4-7-24(8-5-22)36(18-16-33)19-17-34/h4-8,25-29H,9-20H2,1-3H3,(H,35,37)/t25-,26-,27-,28-,29-,31-,32-/m0/s1. The number of rotatable bonds is 8. The molecule has 1 amide bonds. The molecular formula is C32H44Cl2N2O3. The van der Waals surface area contributed by atoms with Gasteiger partial charge in [-0.15, -0.1) is 23.2 Å². The van der Waals surface area contributed by atoms with E-state index < -0.39 is 0 Å². The van der Waals surface area contributed by atoms with Crippen LogP contribution in [0, 0.1) is 28.6 Å². The molecule has 7 heteroatoms. The van der Waals surface area contributed by atoms with Gasteiger partial charge in [0.2, 0.25) is 5.91 Å². The number of nitrogens with one attached hydrogen (secondary N) is 1. The smallest absolute Gasteiger partial charge is 0.338 e. The van der Waals surface area contributed by atoms with Crippen LogP contribution in [-0.2, 0) is 9.53 Å². The molecular weight excluding hydrogens is 531 g/mol. The number of alkyl halides is 2. The van der Waals surface area contributed by atoms with E-state index in [-0.39, 0.29) is 28.8 Å². The Labute approximate surface area is 244 Å².